The van der Waals surface area contributed by atoms with E-state index in [0.717, 1.165) is 16.9 Å². The number of ether oxygens (including phenoxy) is 1. The fraction of sp³-hybridized carbons (Fsp3) is 0.115. The van der Waals surface area contributed by atoms with Gasteiger partial charge in [-0.2, -0.15) is 0 Å². The van der Waals surface area contributed by atoms with Crippen molar-refractivity contribution in [1.82, 2.24) is 4.90 Å². The lowest BCUT2D eigenvalue weighted by Crippen LogP contribution is -2.34. The van der Waals surface area contributed by atoms with Gasteiger partial charge in [-0.15, -0.1) is 0 Å². The molecule has 0 aliphatic carbocycles. The summed E-state index contributed by atoms with van der Waals surface area (Å²) in [5, 5.41) is 3.47. The Morgan fingerprint density at radius 1 is 0.875 bits per heavy atom. The summed E-state index contributed by atoms with van der Waals surface area (Å²) in [6, 6.07) is 28.2. The van der Waals surface area contributed by atoms with E-state index in [1.807, 2.05) is 60.7 Å². The first-order valence-corrected chi connectivity index (χ1v) is 10.6. The average molecular weight is 447 g/mol. The van der Waals surface area contributed by atoms with E-state index in [2.05, 4.69) is 5.32 Å². The molecule has 0 bridgehead atoms. The van der Waals surface area contributed by atoms with Crippen LogP contribution in [-0.4, -0.2) is 10.9 Å². The molecular weight excluding hydrogens is 424 g/mol. The first-order chi connectivity index (χ1) is 15.7. The molecule has 5 nitrogen and oxygen atoms in total. The lowest BCUT2D eigenvalue weighted by Gasteiger charge is -2.23. The zero-order valence-electron chi connectivity index (χ0n) is 17.4. The van der Waals surface area contributed by atoms with E-state index < -0.39 is 0 Å². The van der Waals surface area contributed by atoms with E-state index in [1.54, 1.807) is 41.5 Å². The molecule has 0 aliphatic heterocycles. The van der Waals surface area contributed by atoms with Crippen molar-refractivity contribution < 1.29 is 13.9 Å². The minimum Gasteiger partial charge on any atom is -0.489 e. The van der Waals surface area contributed by atoms with Gasteiger partial charge in [0.2, 0.25) is 0 Å². The summed E-state index contributed by atoms with van der Waals surface area (Å²) in [6.45, 7) is 1.19. The Balaban J connectivity index is 1.47. The lowest BCUT2D eigenvalue weighted by atomic mass is 10.2. The molecule has 1 N–H and O–H groups in total. The molecule has 2 amide bonds. The maximum atomic E-state index is 13.0. The Labute approximate surface area is 192 Å². The third-order valence-electron chi connectivity index (χ3n) is 4.81. The van der Waals surface area contributed by atoms with Gasteiger partial charge in [0.05, 0.1) is 12.8 Å². The Bertz CT molecular complexity index is 1150. The number of rotatable bonds is 8. The van der Waals surface area contributed by atoms with E-state index in [9.17, 15) is 4.79 Å². The number of nitrogens with zero attached hydrogens (tertiary/aromatic N) is 1. The minimum absolute atomic E-state index is 0.251. The van der Waals surface area contributed by atoms with Gasteiger partial charge in [-0.1, -0.05) is 60.1 Å². The minimum atomic E-state index is -0.251. The maximum absolute atomic E-state index is 13.0. The van der Waals surface area contributed by atoms with Crippen LogP contribution >= 0.6 is 11.6 Å². The van der Waals surface area contributed by atoms with Crippen LogP contribution in [0.5, 0.6) is 5.75 Å². The number of hydrogen-bond donors (Lipinski definition) is 1. The van der Waals surface area contributed by atoms with E-state index in [4.69, 9.17) is 20.8 Å². The van der Waals surface area contributed by atoms with E-state index >= 15 is 0 Å². The molecule has 162 valence electrons. The number of urea groups is 1. The summed E-state index contributed by atoms with van der Waals surface area (Å²) in [6.07, 6.45) is 1.60. The molecule has 3 aromatic carbocycles. The molecule has 1 heterocycles. The van der Waals surface area contributed by atoms with Crippen molar-refractivity contribution in [2.24, 2.45) is 0 Å². The van der Waals surface area contributed by atoms with Crippen molar-refractivity contribution >= 4 is 23.3 Å². The Morgan fingerprint density at radius 3 is 2.47 bits per heavy atom. The number of carbonyl (C=O) groups is 1. The topological polar surface area (TPSA) is 54.7 Å². The number of amides is 2. The third-order valence-corrected chi connectivity index (χ3v) is 5.05. The fourth-order valence-corrected chi connectivity index (χ4v) is 3.44. The molecule has 0 unspecified atom stereocenters. The maximum Gasteiger partial charge on any atom is 0.322 e. The van der Waals surface area contributed by atoms with Gasteiger partial charge >= 0.3 is 6.03 Å². The van der Waals surface area contributed by atoms with Crippen molar-refractivity contribution in [2.75, 3.05) is 5.32 Å². The van der Waals surface area contributed by atoms with Crippen molar-refractivity contribution in [2.45, 2.75) is 19.7 Å². The highest BCUT2D eigenvalue weighted by Gasteiger charge is 2.17. The highest BCUT2D eigenvalue weighted by Crippen LogP contribution is 2.20. The summed E-state index contributed by atoms with van der Waals surface area (Å²) in [5.41, 5.74) is 2.67. The lowest BCUT2D eigenvalue weighted by molar-refractivity contribution is 0.201. The second kappa shape index (κ2) is 10.6. The van der Waals surface area contributed by atoms with Gasteiger partial charge in [0, 0.05) is 17.3 Å². The van der Waals surface area contributed by atoms with Crippen molar-refractivity contribution in [3.63, 3.8) is 0 Å². The van der Waals surface area contributed by atoms with Crippen LogP contribution in [0.1, 0.15) is 16.9 Å². The van der Waals surface area contributed by atoms with E-state index in [-0.39, 0.29) is 6.03 Å². The van der Waals surface area contributed by atoms with Gasteiger partial charge in [-0.05, 0) is 53.6 Å². The SMILES string of the molecule is O=C(Nc1cccc(Cl)c1)N(Cc1cccc(OCc2ccccc2)c1)Cc1ccco1. The fourth-order valence-electron chi connectivity index (χ4n) is 3.25. The van der Waals surface area contributed by atoms with Gasteiger partial charge in [-0.3, -0.25) is 0 Å². The largest absolute Gasteiger partial charge is 0.489 e. The summed E-state index contributed by atoms with van der Waals surface area (Å²) >= 11 is 6.05. The second-order valence-corrected chi connectivity index (χ2v) is 7.73. The number of benzene rings is 3. The molecule has 0 radical (unpaired) electrons. The van der Waals surface area contributed by atoms with Crippen LogP contribution in [0.15, 0.2) is 102 Å². The van der Waals surface area contributed by atoms with Gasteiger partial charge in [0.1, 0.15) is 18.1 Å². The molecule has 0 spiro atoms. The molecule has 4 rings (SSSR count). The van der Waals surface area contributed by atoms with Crippen LogP contribution in [-0.2, 0) is 19.7 Å². The first kappa shape index (κ1) is 21.5. The zero-order valence-corrected chi connectivity index (χ0v) is 18.2. The quantitative estimate of drug-likeness (QED) is 0.326. The number of furan rings is 1. The molecule has 0 saturated heterocycles. The number of halogens is 1. The molecule has 0 fully saturated rings. The molecule has 1 aromatic heterocycles. The van der Waals surface area contributed by atoms with Gasteiger partial charge in [-0.25, -0.2) is 4.79 Å². The molecular formula is C26H23ClN2O3. The van der Waals surface area contributed by atoms with Crippen molar-refractivity contribution in [3.8, 4) is 5.75 Å². The van der Waals surface area contributed by atoms with Gasteiger partial charge in [0.25, 0.3) is 0 Å². The van der Waals surface area contributed by atoms with E-state index in [0.29, 0.717) is 36.2 Å². The number of carbonyl (C=O) groups excluding carboxylic acids is 1. The van der Waals surface area contributed by atoms with Crippen molar-refractivity contribution in [1.29, 1.82) is 0 Å². The molecule has 0 aliphatic rings. The van der Waals surface area contributed by atoms with Crippen LogP contribution in [0.25, 0.3) is 0 Å². The summed E-state index contributed by atoms with van der Waals surface area (Å²) in [7, 11) is 0. The first-order valence-electron chi connectivity index (χ1n) is 10.3. The monoisotopic (exact) mass is 446 g/mol. The zero-order chi connectivity index (χ0) is 22.2. The van der Waals surface area contributed by atoms with Crippen LogP contribution in [0.4, 0.5) is 10.5 Å². The molecule has 6 heteroatoms. The average Bonchev–Trinajstić information content (AvgIpc) is 3.31. The Kier molecular flexibility index (Phi) is 7.10. The Morgan fingerprint density at radius 2 is 1.69 bits per heavy atom. The third kappa shape index (κ3) is 6.15. The normalized spacial score (nSPS) is 10.5. The van der Waals surface area contributed by atoms with Crippen LogP contribution in [0, 0.1) is 0 Å². The highest BCUT2D eigenvalue weighted by atomic mass is 35.5. The predicted octanol–water partition coefficient (Wildman–Crippen LogP) is 6.75. The summed E-state index contributed by atoms with van der Waals surface area (Å²) in [4.78, 5) is 14.7. The van der Waals surface area contributed by atoms with Crippen LogP contribution in [0.3, 0.4) is 0 Å². The number of nitrogens with one attached hydrogen (secondary N) is 1. The standard InChI is InChI=1S/C26H23ClN2O3/c27-22-10-5-11-23(16-22)28-26(30)29(18-25-13-6-14-31-25)17-21-9-4-12-24(15-21)32-19-20-7-2-1-3-8-20/h1-16H,17-19H2,(H,28,30). The molecule has 0 saturated carbocycles. The van der Waals surface area contributed by atoms with Gasteiger partial charge < -0.3 is 19.4 Å². The summed E-state index contributed by atoms with van der Waals surface area (Å²) in [5.74, 6) is 1.45. The smallest absolute Gasteiger partial charge is 0.322 e. The number of hydrogen-bond acceptors (Lipinski definition) is 3. The molecule has 32 heavy (non-hydrogen) atoms. The highest BCUT2D eigenvalue weighted by molar-refractivity contribution is 6.30. The van der Waals surface area contributed by atoms with E-state index in [1.165, 1.54) is 0 Å². The van der Waals surface area contributed by atoms with Crippen LogP contribution in [0.2, 0.25) is 5.02 Å². The second-order valence-electron chi connectivity index (χ2n) is 7.30. The number of anilines is 1. The van der Waals surface area contributed by atoms with Crippen LogP contribution < -0.4 is 10.1 Å². The summed E-state index contributed by atoms with van der Waals surface area (Å²) < 4.78 is 11.4. The molecule has 4 aromatic rings. The predicted molar refractivity (Wildman–Crippen MR) is 126 cm³/mol. The molecule has 0 atom stereocenters. The van der Waals surface area contributed by atoms with Crippen molar-refractivity contribution in [3.05, 3.63) is 119 Å². The Hall–Kier alpha value is -3.70. The van der Waals surface area contributed by atoms with Gasteiger partial charge in [0.15, 0.2) is 0 Å².